The minimum Gasteiger partial charge on any atom is -0.372 e. The highest BCUT2D eigenvalue weighted by atomic mass is 16.8. The molecule has 6 nitrogen and oxygen atoms in total. The first-order valence-corrected chi connectivity index (χ1v) is 8.26. The maximum absolute atomic E-state index is 6.08. The van der Waals surface area contributed by atoms with Gasteiger partial charge in [0.1, 0.15) is 24.4 Å². The van der Waals surface area contributed by atoms with Crippen molar-refractivity contribution < 1.29 is 28.4 Å². The summed E-state index contributed by atoms with van der Waals surface area (Å²) in [5, 5.41) is 0. The molecular formula is C16H28O6. The molecule has 6 heteroatoms. The predicted octanol–water partition coefficient (Wildman–Crippen LogP) is 2.20. The van der Waals surface area contributed by atoms with Crippen LogP contribution in [0.4, 0.5) is 0 Å². The summed E-state index contributed by atoms with van der Waals surface area (Å²) >= 11 is 0. The van der Waals surface area contributed by atoms with Crippen molar-refractivity contribution in [1.82, 2.24) is 0 Å². The average molecular weight is 316 g/mol. The van der Waals surface area contributed by atoms with E-state index in [1.54, 1.807) is 0 Å². The lowest BCUT2D eigenvalue weighted by atomic mass is 10.1. The van der Waals surface area contributed by atoms with Crippen molar-refractivity contribution in [2.24, 2.45) is 0 Å². The highest BCUT2D eigenvalue weighted by Crippen LogP contribution is 2.41. The number of fused-ring (bicyclic) bond motifs is 1. The van der Waals surface area contributed by atoms with Gasteiger partial charge in [-0.15, -0.1) is 0 Å². The standard InChI is InChI=1S/C16H28O6/c1-6-7-8-17-12-11(10-9-18-15(2,3)20-10)19-14-13(12)21-16(4,5)22-14/h10-14H,6-9H2,1-5H3/t10-,11-,12+,13+,14-/m0/s1. The van der Waals surface area contributed by atoms with Gasteiger partial charge >= 0.3 is 0 Å². The quantitative estimate of drug-likeness (QED) is 0.725. The lowest BCUT2D eigenvalue weighted by Crippen LogP contribution is -2.44. The van der Waals surface area contributed by atoms with Crippen LogP contribution < -0.4 is 0 Å². The van der Waals surface area contributed by atoms with E-state index in [1.807, 2.05) is 27.7 Å². The summed E-state index contributed by atoms with van der Waals surface area (Å²) in [5.74, 6) is -1.22. The van der Waals surface area contributed by atoms with E-state index in [2.05, 4.69) is 6.92 Å². The summed E-state index contributed by atoms with van der Waals surface area (Å²) < 4.78 is 35.6. The zero-order valence-electron chi connectivity index (χ0n) is 14.2. The van der Waals surface area contributed by atoms with Crippen LogP contribution in [0.15, 0.2) is 0 Å². The van der Waals surface area contributed by atoms with Gasteiger partial charge < -0.3 is 28.4 Å². The first kappa shape index (κ1) is 16.6. The highest BCUT2D eigenvalue weighted by molar-refractivity contribution is 4.98. The van der Waals surface area contributed by atoms with Gasteiger partial charge in [-0.25, -0.2) is 0 Å². The van der Waals surface area contributed by atoms with E-state index in [1.165, 1.54) is 0 Å². The molecule has 22 heavy (non-hydrogen) atoms. The van der Waals surface area contributed by atoms with Crippen molar-refractivity contribution in [2.45, 2.75) is 89.7 Å². The second-order valence-electron chi connectivity index (χ2n) is 7.13. The van der Waals surface area contributed by atoms with Gasteiger partial charge in [0.15, 0.2) is 17.9 Å². The lowest BCUT2D eigenvalue weighted by molar-refractivity contribution is -0.236. The fourth-order valence-electron chi connectivity index (χ4n) is 3.23. The van der Waals surface area contributed by atoms with Crippen molar-refractivity contribution in [3.8, 4) is 0 Å². The molecule has 3 aliphatic heterocycles. The Morgan fingerprint density at radius 1 is 1.00 bits per heavy atom. The minimum absolute atomic E-state index is 0.164. The zero-order valence-corrected chi connectivity index (χ0v) is 14.2. The number of unbranched alkanes of at least 4 members (excludes halogenated alkanes) is 1. The smallest absolute Gasteiger partial charge is 0.190 e. The maximum Gasteiger partial charge on any atom is 0.190 e. The molecule has 0 N–H and O–H groups in total. The number of hydrogen-bond acceptors (Lipinski definition) is 6. The predicted molar refractivity (Wildman–Crippen MR) is 78.3 cm³/mol. The lowest BCUT2D eigenvalue weighted by Gasteiger charge is -2.29. The van der Waals surface area contributed by atoms with Gasteiger partial charge in [-0.3, -0.25) is 0 Å². The maximum atomic E-state index is 6.08. The van der Waals surface area contributed by atoms with Gasteiger partial charge in [0.2, 0.25) is 0 Å². The highest BCUT2D eigenvalue weighted by Gasteiger charge is 2.58. The summed E-state index contributed by atoms with van der Waals surface area (Å²) in [6.45, 7) is 10.9. The molecule has 0 amide bonds. The first-order valence-electron chi connectivity index (χ1n) is 8.26. The number of rotatable bonds is 5. The van der Waals surface area contributed by atoms with Crippen LogP contribution in [0.1, 0.15) is 47.5 Å². The van der Waals surface area contributed by atoms with Crippen molar-refractivity contribution in [2.75, 3.05) is 13.2 Å². The third-order valence-corrected chi connectivity index (χ3v) is 4.23. The van der Waals surface area contributed by atoms with Gasteiger partial charge in [0.05, 0.1) is 6.61 Å². The van der Waals surface area contributed by atoms with Crippen LogP contribution in [0, 0.1) is 0 Å². The number of hydrogen-bond donors (Lipinski definition) is 0. The Labute approximate surface area is 132 Å². The Hall–Kier alpha value is -0.240. The molecule has 0 aromatic carbocycles. The van der Waals surface area contributed by atoms with Crippen LogP contribution in [0.5, 0.6) is 0 Å². The SMILES string of the molecule is CCCCO[C@@H]1[C@H]([C@@H]2COC(C)(C)O2)O[C@H]2OC(C)(C)O[C@@H]21. The molecule has 0 bridgehead atoms. The van der Waals surface area contributed by atoms with Crippen LogP contribution in [-0.2, 0) is 28.4 Å². The summed E-state index contributed by atoms with van der Waals surface area (Å²) in [7, 11) is 0. The molecule has 5 atom stereocenters. The van der Waals surface area contributed by atoms with Crippen LogP contribution in [0.3, 0.4) is 0 Å². The molecule has 0 aliphatic carbocycles. The van der Waals surface area contributed by atoms with E-state index in [4.69, 9.17) is 28.4 Å². The van der Waals surface area contributed by atoms with Crippen LogP contribution >= 0.6 is 0 Å². The molecule has 3 aliphatic rings. The molecule has 128 valence electrons. The fraction of sp³-hybridized carbons (Fsp3) is 1.00. The van der Waals surface area contributed by atoms with E-state index in [9.17, 15) is 0 Å². The third kappa shape index (κ3) is 3.32. The number of ether oxygens (including phenoxy) is 6. The van der Waals surface area contributed by atoms with Crippen molar-refractivity contribution in [1.29, 1.82) is 0 Å². The van der Waals surface area contributed by atoms with Crippen molar-refractivity contribution in [3.63, 3.8) is 0 Å². The Morgan fingerprint density at radius 2 is 1.77 bits per heavy atom. The van der Waals surface area contributed by atoms with Gasteiger partial charge in [-0.2, -0.15) is 0 Å². The second kappa shape index (κ2) is 6.00. The fourth-order valence-corrected chi connectivity index (χ4v) is 3.23. The second-order valence-corrected chi connectivity index (χ2v) is 7.13. The Bertz CT molecular complexity index is 396. The topological polar surface area (TPSA) is 55.4 Å². The molecule has 3 heterocycles. The molecular weight excluding hydrogens is 288 g/mol. The van der Waals surface area contributed by atoms with Crippen molar-refractivity contribution >= 4 is 0 Å². The van der Waals surface area contributed by atoms with Gasteiger partial charge in [-0.05, 0) is 34.1 Å². The minimum atomic E-state index is -0.640. The van der Waals surface area contributed by atoms with E-state index < -0.39 is 17.9 Å². The van der Waals surface area contributed by atoms with Gasteiger partial charge in [0, 0.05) is 6.61 Å². The first-order chi connectivity index (χ1) is 10.3. The zero-order chi connectivity index (χ0) is 16.0. The largest absolute Gasteiger partial charge is 0.372 e. The molecule has 0 saturated carbocycles. The Balaban J connectivity index is 1.69. The average Bonchev–Trinajstić information content (AvgIpc) is 3.01. The molecule has 3 saturated heterocycles. The van der Waals surface area contributed by atoms with Crippen LogP contribution in [0.25, 0.3) is 0 Å². The van der Waals surface area contributed by atoms with E-state index in [0.717, 1.165) is 12.8 Å². The van der Waals surface area contributed by atoms with Gasteiger partial charge in [-0.1, -0.05) is 13.3 Å². The Morgan fingerprint density at radius 3 is 2.41 bits per heavy atom. The van der Waals surface area contributed by atoms with E-state index in [0.29, 0.717) is 13.2 Å². The molecule has 0 spiro atoms. The molecule has 3 fully saturated rings. The van der Waals surface area contributed by atoms with Gasteiger partial charge in [0.25, 0.3) is 0 Å². The summed E-state index contributed by atoms with van der Waals surface area (Å²) in [6.07, 6.45) is 0.889. The normalized spacial score (nSPS) is 42.7. The van der Waals surface area contributed by atoms with Crippen LogP contribution in [0.2, 0.25) is 0 Å². The Kier molecular flexibility index (Phi) is 4.53. The molecule has 0 unspecified atom stereocenters. The van der Waals surface area contributed by atoms with Crippen LogP contribution in [-0.4, -0.2) is 55.5 Å². The molecule has 0 aromatic heterocycles. The molecule has 0 radical (unpaired) electrons. The third-order valence-electron chi connectivity index (χ3n) is 4.23. The summed E-state index contributed by atoms with van der Waals surface area (Å²) in [5.41, 5.74) is 0. The summed E-state index contributed by atoms with van der Waals surface area (Å²) in [4.78, 5) is 0. The summed E-state index contributed by atoms with van der Waals surface area (Å²) in [6, 6.07) is 0. The van der Waals surface area contributed by atoms with E-state index >= 15 is 0 Å². The van der Waals surface area contributed by atoms with E-state index in [-0.39, 0.29) is 24.4 Å². The molecule has 0 aromatic rings. The molecule has 3 rings (SSSR count). The monoisotopic (exact) mass is 316 g/mol. The van der Waals surface area contributed by atoms with Crippen molar-refractivity contribution in [3.05, 3.63) is 0 Å².